The SMILES string of the molecule is Cc1ccc(CNC(C)CC(C)(C)c2ccccc2)o1. The Morgan fingerprint density at radius 1 is 1.10 bits per heavy atom. The highest BCUT2D eigenvalue weighted by atomic mass is 16.3. The van der Waals surface area contributed by atoms with E-state index in [1.807, 2.05) is 19.1 Å². The Morgan fingerprint density at radius 3 is 2.40 bits per heavy atom. The average Bonchev–Trinajstić information content (AvgIpc) is 2.83. The Hall–Kier alpha value is -1.54. The second kappa shape index (κ2) is 6.27. The first-order valence-corrected chi connectivity index (χ1v) is 7.31. The second-order valence-corrected chi connectivity index (χ2v) is 6.25. The summed E-state index contributed by atoms with van der Waals surface area (Å²) in [5.41, 5.74) is 1.56. The number of aryl methyl sites for hydroxylation is 1. The summed E-state index contributed by atoms with van der Waals surface area (Å²) in [5.74, 6) is 1.98. The van der Waals surface area contributed by atoms with Gasteiger partial charge in [0.15, 0.2) is 0 Å². The largest absolute Gasteiger partial charge is 0.465 e. The van der Waals surface area contributed by atoms with Crippen molar-refractivity contribution >= 4 is 0 Å². The van der Waals surface area contributed by atoms with Gasteiger partial charge in [0, 0.05) is 6.04 Å². The van der Waals surface area contributed by atoms with Gasteiger partial charge in [-0.1, -0.05) is 44.2 Å². The zero-order valence-electron chi connectivity index (χ0n) is 12.9. The maximum Gasteiger partial charge on any atom is 0.117 e. The molecule has 0 aliphatic carbocycles. The van der Waals surface area contributed by atoms with Gasteiger partial charge in [-0.15, -0.1) is 0 Å². The number of hydrogen-bond donors (Lipinski definition) is 1. The molecule has 2 heteroatoms. The summed E-state index contributed by atoms with van der Waals surface area (Å²) in [4.78, 5) is 0. The van der Waals surface area contributed by atoms with E-state index in [4.69, 9.17) is 4.42 Å². The Balaban J connectivity index is 1.89. The third-order valence-corrected chi connectivity index (χ3v) is 3.79. The van der Waals surface area contributed by atoms with Crippen molar-refractivity contribution < 1.29 is 4.42 Å². The third-order valence-electron chi connectivity index (χ3n) is 3.79. The number of benzene rings is 1. The molecular formula is C18H25NO. The van der Waals surface area contributed by atoms with Crippen LogP contribution in [0.15, 0.2) is 46.9 Å². The van der Waals surface area contributed by atoms with Gasteiger partial charge in [0.25, 0.3) is 0 Å². The van der Waals surface area contributed by atoms with Crippen molar-refractivity contribution in [3.05, 3.63) is 59.5 Å². The predicted molar refractivity (Wildman–Crippen MR) is 83.8 cm³/mol. The molecule has 108 valence electrons. The zero-order valence-corrected chi connectivity index (χ0v) is 12.9. The van der Waals surface area contributed by atoms with Gasteiger partial charge in [-0.25, -0.2) is 0 Å². The van der Waals surface area contributed by atoms with E-state index in [0.717, 1.165) is 24.5 Å². The molecule has 0 spiro atoms. The summed E-state index contributed by atoms with van der Waals surface area (Å²) in [6.07, 6.45) is 1.09. The van der Waals surface area contributed by atoms with Crippen molar-refractivity contribution in [2.75, 3.05) is 0 Å². The highest BCUT2D eigenvalue weighted by Gasteiger charge is 2.23. The van der Waals surface area contributed by atoms with Crippen LogP contribution in [0, 0.1) is 6.92 Å². The van der Waals surface area contributed by atoms with Crippen molar-refractivity contribution in [3.8, 4) is 0 Å². The standard InChI is InChI=1S/C18H25NO/c1-14(19-13-17-11-10-15(2)20-17)12-18(3,4)16-8-6-5-7-9-16/h5-11,14,19H,12-13H2,1-4H3. The Morgan fingerprint density at radius 2 is 1.80 bits per heavy atom. The van der Waals surface area contributed by atoms with Crippen LogP contribution in [0.3, 0.4) is 0 Å². The smallest absolute Gasteiger partial charge is 0.117 e. The van der Waals surface area contributed by atoms with Gasteiger partial charge in [-0.3, -0.25) is 0 Å². The average molecular weight is 271 g/mol. The first kappa shape index (κ1) is 14.9. The van der Waals surface area contributed by atoms with E-state index >= 15 is 0 Å². The van der Waals surface area contributed by atoms with Crippen LogP contribution in [-0.2, 0) is 12.0 Å². The van der Waals surface area contributed by atoms with Gasteiger partial charge in [0.1, 0.15) is 11.5 Å². The van der Waals surface area contributed by atoms with Gasteiger partial charge in [0.05, 0.1) is 6.54 Å². The fourth-order valence-electron chi connectivity index (χ4n) is 2.70. The van der Waals surface area contributed by atoms with E-state index in [2.05, 4.69) is 56.4 Å². The molecule has 1 atom stereocenters. The number of nitrogens with one attached hydrogen (secondary N) is 1. The molecule has 1 heterocycles. The van der Waals surface area contributed by atoms with Crippen LogP contribution in [0.4, 0.5) is 0 Å². The van der Waals surface area contributed by atoms with Crippen LogP contribution in [0.1, 0.15) is 44.3 Å². The molecule has 0 saturated heterocycles. The monoisotopic (exact) mass is 271 g/mol. The summed E-state index contributed by atoms with van der Waals surface area (Å²) in [7, 11) is 0. The molecule has 2 nitrogen and oxygen atoms in total. The molecule has 20 heavy (non-hydrogen) atoms. The van der Waals surface area contributed by atoms with E-state index < -0.39 is 0 Å². The molecule has 2 rings (SSSR count). The van der Waals surface area contributed by atoms with Crippen LogP contribution in [0.5, 0.6) is 0 Å². The molecule has 0 aliphatic heterocycles. The van der Waals surface area contributed by atoms with Gasteiger partial charge >= 0.3 is 0 Å². The summed E-state index contributed by atoms with van der Waals surface area (Å²) in [6.45, 7) is 9.61. The van der Waals surface area contributed by atoms with Crippen molar-refractivity contribution in [1.82, 2.24) is 5.32 Å². The molecule has 0 fully saturated rings. The normalized spacial score (nSPS) is 13.4. The van der Waals surface area contributed by atoms with Crippen molar-refractivity contribution in [3.63, 3.8) is 0 Å². The number of hydrogen-bond acceptors (Lipinski definition) is 2. The first-order valence-electron chi connectivity index (χ1n) is 7.31. The number of rotatable bonds is 6. The van der Waals surface area contributed by atoms with Gasteiger partial charge in [-0.05, 0) is 43.4 Å². The first-order chi connectivity index (χ1) is 9.47. The Labute approximate surface area is 122 Å². The molecule has 0 amide bonds. The number of furan rings is 1. The van der Waals surface area contributed by atoms with Gasteiger partial charge in [-0.2, -0.15) is 0 Å². The molecule has 0 radical (unpaired) electrons. The van der Waals surface area contributed by atoms with Crippen LogP contribution in [0.2, 0.25) is 0 Å². The Bertz CT molecular complexity index is 527. The maximum atomic E-state index is 5.59. The summed E-state index contributed by atoms with van der Waals surface area (Å²) < 4.78 is 5.59. The van der Waals surface area contributed by atoms with E-state index in [1.54, 1.807) is 0 Å². The third kappa shape index (κ3) is 3.97. The van der Waals surface area contributed by atoms with Gasteiger partial charge < -0.3 is 9.73 Å². The summed E-state index contributed by atoms with van der Waals surface area (Å²) >= 11 is 0. The van der Waals surface area contributed by atoms with Crippen LogP contribution in [-0.4, -0.2) is 6.04 Å². The van der Waals surface area contributed by atoms with Crippen molar-refractivity contribution in [2.24, 2.45) is 0 Å². The zero-order chi connectivity index (χ0) is 14.6. The molecule has 1 aromatic heterocycles. The van der Waals surface area contributed by atoms with Crippen LogP contribution in [0.25, 0.3) is 0 Å². The molecule has 1 N–H and O–H groups in total. The fraction of sp³-hybridized carbons (Fsp3) is 0.444. The predicted octanol–water partition coefficient (Wildman–Crippen LogP) is 4.43. The highest BCUT2D eigenvalue weighted by molar-refractivity contribution is 5.23. The summed E-state index contributed by atoms with van der Waals surface area (Å²) in [5, 5.41) is 3.54. The van der Waals surface area contributed by atoms with Crippen LogP contribution < -0.4 is 5.32 Å². The van der Waals surface area contributed by atoms with E-state index in [-0.39, 0.29) is 5.41 Å². The maximum absolute atomic E-state index is 5.59. The fourth-order valence-corrected chi connectivity index (χ4v) is 2.70. The van der Waals surface area contributed by atoms with E-state index in [9.17, 15) is 0 Å². The topological polar surface area (TPSA) is 25.2 Å². The summed E-state index contributed by atoms with van der Waals surface area (Å²) in [6, 6.07) is 15.2. The van der Waals surface area contributed by atoms with Crippen molar-refractivity contribution in [1.29, 1.82) is 0 Å². The minimum absolute atomic E-state index is 0.173. The second-order valence-electron chi connectivity index (χ2n) is 6.25. The lowest BCUT2D eigenvalue weighted by molar-refractivity contribution is 0.370. The molecule has 1 unspecified atom stereocenters. The molecule has 0 saturated carbocycles. The molecule has 1 aromatic carbocycles. The quantitative estimate of drug-likeness (QED) is 0.840. The van der Waals surface area contributed by atoms with E-state index in [1.165, 1.54) is 5.56 Å². The lowest BCUT2D eigenvalue weighted by Crippen LogP contribution is -2.32. The molecule has 0 aliphatic rings. The minimum atomic E-state index is 0.173. The molecule has 0 bridgehead atoms. The minimum Gasteiger partial charge on any atom is -0.465 e. The van der Waals surface area contributed by atoms with E-state index in [0.29, 0.717) is 6.04 Å². The molecular weight excluding hydrogens is 246 g/mol. The lowest BCUT2D eigenvalue weighted by atomic mass is 9.79. The van der Waals surface area contributed by atoms with Gasteiger partial charge in [0.2, 0.25) is 0 Å². The molecule has 2 aromatic rings. The Kier molecular flexibility index (Phi) is 4.66. The van der Waals surface area contributed by atoms with Crippen LogP contribution >= 0.6 is 0 Å². The lowest BCUT2D eigenvalue weighted by Gasteiger charge is -2.29. The highest BCUT2D eigenvalue weighted by Crippen LogP contribution is 2.28. The van der Waals surface area contributed by atoms with Crippen molar-refractivity contribution in [2.45, 2.75) is 52.1 Å².